The Hall–Kier alpha value is -14.1. The maximum Gasteiger partial charge on any atom is 0.303 e. The second-order valence-electron chi connectivity index (χ2n) is 30.8. The lowest BCUT2D eigenvalue weighted by molar-refractivity contribution is 0.101. The molecule has 4 saturated heterocycles. The molecule has 0 unspecified atom stereocenters. The van der Waals surface area contributed by atoms with Gasteiger partial charge in [-0.1, -0.05) is 88.9 Å². The summed E-state index contributed by atoms with van der Waals surface area (Å²) in [6.07, 6.45) is 8.55. The van der Waals surface area contributed by atoms with Gasteiger partial charge in [-0.05, 0) is 224 Å². The maximum absolute atomic E-state index is 14.9. The van der Waals surface area contributed by atoms with Crippen molar-refractivity contribution in [2.45, 2.75) is 0 Å². The quantitative estimate of drug-likeness (QED) is 0.0523. The Kier molecular flexibility index (Phi) is 26.9. The van der Waals surface area contributed by atoms with Crippen LogP contribution in [0.1, 0.15) is 41.4 Å². The molecule has 20 rings (SSSR count). The Balaban J connectivity index is 0.000000125. The molecule has 4 aliphatic rings. The van der Waals surface area contributed by atoms with Crippen LogP contribution in [0.25, 0.3) is 88.8 Å². The number of amides is 4. The van der Waals surface area contributed by atoms with Crippen LogP contribution in [0.2, 0.25) is 20.1 Å². The van der Waals surface area contributed by atoms with Crippen LogP contribution in [0.15, 0.2) is 292 Å². The van der Waals surface area contributed by atoms with Gasteiger partial charge in [0.15, 0.2) is 5.82 Å². The van der Waals surface area contributed by atoms with Gasteiger partial charge in [-0.2, -0.15) is 51.7 Å². The molecule has 0 radical (unpaired) electrons. The number of carbonyl (C=O) groups excluding carboxylic acids is 4. The Bertz CT molecular complexity index is 7650. The van der Waals surface area contributed by atoms with E-state index in [1.807, 2.05) is 97.1 Å². The summed E-state index contributed by atoms with van der Waals surface area (Å²) < 4.78 is 125. The number of pyridine rings is 5. The Morgan fingerprint density at radius 2 is 0.800 bits per heavy atom. The standard InChI is InChI=1S/C25H20ClFN4O3S.C24H20ClN5O3S.2C23H18ClN5O3S/c1-30-12-13-31(35(30,33)34)18-7-8-20(23(27)15-18)25(32)29-17-6-9-22(26)21(14-17)24-19-5-3-2-4-16(19)10-11-28-24;1-29-12-13-30(34(29,32)33)19-6-2-16(3-7-19)24(31)27-18-5-8-21(25)20(14-18)23-9-4-17-15-26-11-10-22(17)28-23;24-19-8-5-16(14-18(19)20-9-10-21-22(28-20)2-1-11-25-21)27-23(30)15-3-6-17(7-4-15)29-13-12-26-33(29,31)32;24-20-10-7-17(13-19(20)22-25-14-16-3-1-2-4-21(16)28-22)27-23(30)15-5-8-18(9-6-15)29-12-11-26-33(29,31)32/h2-11,14-15H,12-13H2,1H3,(H,29,32);2-11,14-15H,12-13H2,1H3,(H,27,31);1-11,14,26H,12-13H2,(H,27,30);1-10,13-14,26H,11-12H2,(H,27,30). The van der Waals surface area contributed by atoms with Crippen molar-refractivity contribution in [1.82, 2.24) is 52.9 Å². The predicted octanol–water partition coefficient (Wildman–Crippen LogP) is 16.9. The summed E-state index contributed by atoms with van der Waals surface area (Å²) in [6.45, 7) is 2.70. The lowest BCUT2D eigenvalue weighted by atomic mass is 10.0. The minimum atomic E-state index is -3.69. The van der Waals surface area contributed by atoms with E-state index in [9.17, 15) is 57.2 Å². The van der Waals surface area contributed by atoms with E-state index in [1.165, 1.54) is 40.7 Å². The van der Waals surface area contributed by atoms with Crippen LogP contribution in [0.5, 0.6) is 0 Å². The minimum Gasteiger partial charge on any atom is -0.322 e. The summed E-state index contributed by atoms with van der Waals surface area (Å²) in [6, 6.07) is 73.7. The molecule has 10 heterocycles. The molecule has 31 nitrogen and oxygen atoms in total. The van der Waals surface area contributed by atoms with Crippen molar-refractivity contribution >= 4 is 200 Å². The second kappa shape index (κ2) is 39.2. The van der Waals surface area contributed by atoms with Gasteiger partial charge in [-0.25, -0.2) is 24.3 Å². The van der Waals surface area contributed by atoms with Gasteiger partial charge in [-0.3, -0.25) is 51.4 Å². The summed E-state index contributed by atoms with van der Waals surface area (Å²) in [7, 11) is -11.2. The fourth-order valence-corrected chi connectivity index (χ4v) is 21.1. The van der Waals surface area contributed by atoms with Crippen molar-refractivity contribution in [2.75, 3.05) is 105 Å². The number of carbonyl (C=O) groups is 4. The summed E-state index contributed by atoms with van der Waals surface area (Å²) in [4.78, 5) is 82.3. The van der Waals surface area contributed by atoms with Crippen molar-refractivity contribution in [3.05, 3.63) is 340 Å². The smallest absolute Gasteiger partial charge is 0.303 e. The molecule has 16 aromatic rings. The Labute approximate surface area is 794 Å². The average molecular weight is 1960 g/mol. The highest BCUT2D eigenvalue weighted by molar-refractivity contribution is 7.91. The first kappa shape index (κ1) is 92.7. The predicted molar refractivity (Wildman–Crippen MR) is 526 cm³/mol. The van der Waals surface area contributed by atoms with E-state index in [4.69, 9.17) is 46.4 Å². The zero-order valence-corrected chi connectivity index (χ0v) is 77.4. The summed E-state index contributed by atoms with van der Waals surface area (Å²) in [5.74, 6) is -2.02. The molecular formula is C95H76Cl4FN19O12S4. The van der Waals surface area contributed by atoms with Gasteiger partial charge in [0.2, 0.25) is 0 Å². The number of rotatable bonds is 16. The molecule has 40 heteroatoms. The maximum atomic E-state index is 14.9. The molecule has 0 saturated carbocycles. The number of para-hydroxylation sites is 1. The first-order chi connectivity index (χ1) is 64.9. The highest BCUT2D eigenvalue weighted by Crippen LogP contribution is 2.39. The minimum absolute atomic E-state index is 0.166. The van der Waals surface area contributed by atoms with E-state index in [0.29, 0.717) is 168 Å². The van der Waals surface area contributed by atoms with E-state index in [2.05, 4.69) is 65.6 Å². The molecule has 682 valence electrons. The van der Waals surface area contributed by atoms with Crippen molar-refractivity contribution < 1.29 is 57.2 Å². The number of benzene rings is 10. The van der Waals surface area contributed by atoms with E-state index >= 15 is 0 Å². The molecule has 4 amide bonds. The van der Waals surface area contributed by atoms with Crippen LogP contribution in [-0.2, 0) is 40.8 Å². The number of halogens is 5. The van der Waals surface area contributed by atoms with E-state index in [-0.39, 0.29) is 35.5 Å². The van der Waals surface area contributed by atoms with Gasteiger partial charge in [0.25, 0.3) is 23.6 Å². The summed E-state index contributed by atoms with van der Waals surface area (Å²) >= 11 is 25.7. The van der Waals surface area contributed by atoms with Gasteiger partial charge in [0.05, 0.1) is 87.6 Å². The Morgan fingerprint density at radius 1 is 0.356 bits per heavy atom. The lowest BCUT2D eigenvalue weighted by Crippen LogP contribution is -2.30. The zero-order chi connectivity index (χ0) is 94.6. The molecule has 0 aliphatic carbocycles. The first-order valence-electron chi connectivity index (χ1n) is 41.5. The molecule has 4 fully saturated rings. The second-order valence-corrected chi connectivity index (χ2v) is 39.7. The summed E-state index contributed by atoms with van der Waals surface area (Å²) in [5, 5.41) is 16.9. The number of likely N-dealkylation sites (N-methyl/N-ethyl adjacent to an activating group) is 2. The van der Waals surface area contributed by atoms with Crippen LogP contribution >= 0.6 is 46.4 Å². The van der Waals surface area contributed by atoms with E-state index in [0.717, 1.165) is 54.0 Å². The highest BCUT2D eigenvalue weighted by atomic mass is 35.5. The Morgan fingerprint density at radius 3 is 1.33 bits per heavy atom. The molecule has 10 aromatic carbocycles. The van der Waals surface area contributed by atoms with Crippen molar-refractivity contribution in [2.24, 2.45) is 0 Å². The number of aromatic nitrogens is 7. The van der Waals surface area contributed by atoms with Crippen LogP contribution < -0.4 is 47.9 Å². The van der Waals surface area contributed by atoms with Gasteiger partial charge in [0, 0.05) is 175 Å². The summed E-state index contributed by atoms with van der Waals surface area (Å²) in [5.41, 5.74) is 12.5. The van der Waals surface area contributed by atoms with Crippen LogP contribution in [-0.4, -0.2) is 167 Å². The van der Waals surface area contributed by atoms with Crippen LogP contribution in [0.4, 0.5) is 49.9 Å². The SMILES string of the molecule is CN1CCN(c2ccc(C(=O)Nc3ccc(Cl)c(-c4ccc5cnccc5n4)c3)cc2)S1(=O)=O.CN1CCN(c2ccc(C(=O)Nc3ccc(Cl)c(-c4nccc5ccccc45)c3)c(F)c2)S1(=O)=O.O=C(Nc1ccc(Cl)c(-c2ccc3ncccc3n2)c1)c1ccc(N2CCNS2(=O)=O)cc1.O=C(Nc1ccc(Cl)c(-c2ncc3ccccc3n2)c1)c1ccc(N2CCNS2(=O)=O)cc1. The molecule has 0 bridgehead atoms. The molecule has 4 aliphatic heterocycles. The van der Waals surface area contributed by atoms with Crippen LogP contribution in [0.3, 0.4) is 0 Å². The largest absolute Gasteiger partial charge is 0.322 e. The molecule has 135 heavy (non-hydrogen) atoms. The fourth-order valence-electron chi connectivity index (χ4n) is 15.1. The van der Waals surface area contributed by atoms with E-state index in [1.54, 1.807) is 184 Å². The number of fused-ring (bicyclic) bond motifs is 4. The molecule has 0 spiro atoms. The number of anilines is 8. The monoisotopic (exact) mass is 1960 g/mol. The number of hydrogen-bond acceptors (Lipinski definition) is 19. The normalized spacial score (nSPS) is 15.3. The molecule has 0 atom stereocenters. The number of hydrogen-bond donors (Lipinski definition) is 6. The van der Waals surface area contributed by atoms with Gasteiger partial charge < -0.3 is 21.3 Å². The number of nitrogens with one attached hydrogen (secondary N) is 6. The number of nitrogens with zero attached hydrogens (tertiary/aromatic N) is 13. The fraction of sp³-hybridized carbons (Fsp3) is 0.105. The average Bonchev–Trinajstić information content (AvgIpc) is 1.66. The van der Waals surface area contributed by atoms with Gasteiger partial charge >= 0.3 is 40.8 Å². The topological polar surface area (TPSA) is 387 Å². The third-order valence-corrected chi connectivity index (χ3v) is 30.4. The third-order valence-electron chi connectivity index (χ3n) is 22.2. The van der Waals surface area contributed by atoms with Crippen molar-refractivity contribution in [1.29, 1.82) is 0 Å². The van der Waals surface area contributed by atoms with Gasteiger partial charge in [0.1, 0.15) is 5.82 Å². The molecule has 6 N–H and O–H groups in total. The van der Waals surface area contributed by atoms with Gasteiger partial charge in [-0.15, -0.1) is 0 Å². The third kappa shape index (κ3) is 20.4. The zero-order valence-electron chi connectivity index (χ0n) is 71.1. The lowest BCUT2D eigenvalue weighted by Gasteiger charge is -2.18. The highest BCUT2D eigenvalue weighted by Gasteiger charge is 2.37. The van der Waals surface area contributed by atoms with Crippen molar-refractivity contribution in [3.63, 3.8) is 0 Å². The van der Waals surface area contributed by atoms with Crippen LogP contribution in [0, 0.1) is 5.82 Å². The first-order valence-corrected chi connectivity index (χ1v) is 48.6. The van der Waals surface area contributed by atoms with Crippen molar-refractivity contribution in [3.8, 4) is 45.2 Å². The van der Waals surface area contributed by atoms with E-state index < -0.39 is 52.6 Å². The molecular weight excluding hydrogens is 1890 g/mol. The molecule has 6 aromatic heterocycles.